The Bertz CT molecular complexity index is 821. The quantitative estimate of drug-likeness (QED) is 0.642. The molecule has 7 heteroatoms. The van der Waals surface area contributed by atoms with Crippen molar-refractivity contribution in [3.8, 4) is 5.75 Å². The van der Waals surface area contributed by atoms with Crippen LogP contribution in [0.25, 0.3) is 0 Å². The minimum Gasteiger partial charge on any atom is -0.482 e. The van der Waals surface area contributed by atoms with Crippen LogP contribution < -0.4 is 10.1 Å². The molecule has 2 amide bonds. The zero-order chi connectivity index (χ0) is 21.2. The minimum atomic E-state index is -1.04. The monoisotopic (exact) mass is 398 g/mol. The van der Waals surface area contributed by atoms with Crippen molar-refractivity contribution in [3.05, 3.63) is 65.7 Å². The highest BCUT2D eigenvalue weighted by Gasteiger charge is 2.14. The standard InChI is InChI=1S/C22H26N2O5/c1-16(19-8-10-20(11-9-19)29-15-22(27)28)23-21(26)12-13-24(17(2)25)14-18-6-4-3-5-7-18/h3-11,16H,12-15H2,1-2H3,(H,23,26)(H,27,28). The van der Waals surface area contributed by atoms with Crippen LogP contribution in [0, 0.1) is 0 Å². The van der Waals surface area contributed by atoms with Crippen molar-refractivity contribution in [3.63, 3.8) is 0 Å². The van der Waals surface area contributed by atoms with Crippen molar-refractivity contribution in [2.75, 3.05) is 13.2 Å². The summed E-state index contributed by atoms with van der Waals surface area (Å²) in [5.74, 6) is -0.816. The fourth-order valence-electron chi connectivity index (χ4n) is 2.78. The van der Waals surface area contributed by atoms with Crippen LogP contribution >= 0.6 is 0 Å². The first-order valence-electron chi connectivity index (χ1n) is 9.38. The van der Waals surface area contributed by atoms with Crippen LogP contribution in [0.1, 0.15) is 37.4 Å². The zero-order valence-electron chi connectivity index (χ0n) is 16.6. The highest BCUT2D eigenvalue weighted by Crippen LogP contribution is 2.18. The fourth-order valence-corrected chi connectivity index (χ4v) is 2.78. The van der Waals surface area contributed by atoms with E-state index in [-0.39, 0.29) is 24.3 Å². The summed E-state index contributed by atoms with van der Waals surface area (Å²) in [5.41, 5.74) is 1.88. The first-order chi connectivity index (χ1) is 13.8. The summed E-state index contributed by atoms with van der Waals surface area (Å²) in [4.78, 5) is 36.4. The van der Waals surface area contributed by atoms with Crippen LogP contribution in [-0.4, -0.2) is 40.9 Å². The summed E-state index contributed by atoms with van der Waals surface area (Å²) in [6, 6.07) is 16.3. The van der Waals surface area contributed by atoms with Crippen LogP contribution in [0.2, 0.25) is 0 Å². The summed E-state index contributed by atoms with van der Waals surface area (Å²) in [6.07, 6.45) is 0.205. The lowest BCUT2D eigenvalue weighted by atomic mass is 10.1. The molecule has 2 aromatic rings. The molecular weight excluding hydrogens is 372 g/mol. The third kappa shape index (κ3) is 7.65. The molecule has 7 nitrogen and oxygen atoms in total. The average molecular weight is 398 g/mol. The topological polar surface area (TPSA) is 95.9 Å². The van der Waals surface area contributed by atoms with Gasteiger partial charge in [-0.25, -0.2) is 4.79 Å². The van der Waals surface area contributed by atoms with Gasteiger partial charge in [-0.3, -0.25) is 9.59 Å². The van der Waals surface area contributed by atoms with Gasteiger partial charge in [-0.2, -0.15) is 0 Å². The number of hydrogen-bond acceptors (Lipinski definition) is 4. The van der Waals surface area contributed by atoms with Crippen molar-refractivity contribution in [2.24, 2.45) is 0 Å². The maximum absolute atomic E-state index is 12.3. The van der Waals surface area contributed by atoms with Gasteiger partial charge < -0.3 is 20.1 Å². The number of carboxylic acid groups (broad SMARTS) is 1. The van der Waals surface area contributed by atoms with Crippen LogP contribution in [0.4, 0.5) is 0 Å². The van der Waals surface area contributed by atoms with Crippen molar-refractivity contribution in [1.82, 2.24) is 10.2 Å². The van der Waals surface area contributed by atoms with Crippen LogP contribution in [0.15, 0.2) is 54.6 Å². The third-order valence-corrected chi connectivity index (χ3v) is 4.39. The van der Waals surface area contributed by atoms with Crippen molar-refractivity contribution in [1.29, 1.82) is 0 Å². The van der Waals surface area contributed by atoms with Gasteiger partial charge in [0, 0.05) is 26.4 Å². The number of carbonyl (C=O) groups excluding carboxylic acids is 2. The number of nitrogens with zero attached hydrogens (tertiary/aromatic N) is 1. The van der Waals surface area contributed by atoms with E-state index in [1.807, 2.05) is 37.3 Å². The van der Waals surface area contributed by atoms with Gasteiger partial charge in [0.1, 0.15) is 5.75 Å². The predicted octanol–water partition coefficient (Wildman–Crippen LogP) is 2.77. The summed E-state index contributed by atoms with van der Waals surface area (Å²) in [5, 5.41) is 11.5. The summed E-state index contributed by atoms with van der Waals surface area (Å²) < 4.78 is 5.10. The third-order valence-electron chi connectivity index (χ3n) is 4.39. The molecule has 0 bridgehead atoms. The molecule has 0 heterocycles. The van der Waals surface area contributed by atoms with Gasteiger partial charge in [0.2, 0.25) is 11.8 Å². The molecule has 1 unspecified atom stereocenters. The molecule has 0 aromatic heterocycles. The Balaban J connectivity index is 1.83. The molecule has 29 heavy (non-hydrogen) atoms. The average Bonchev–Trinajstić information content (AvgIpc) is 2.70. The number of carbonyl (C=O) groups is 3. The molecule has 0 aliphatic carbocycles. The Morgan fingerprint density at radius 2 is 1.72 bits per heavy atom. The minimum absolute atomic E-state index is 0.0772. The number of rotatable bonds is 10. The Morgan fingerprint density at radius 1 is 1.07 bits per heavy atom. The molecule has 2 aromatic carbocycles. The van der Waals surface area contributed by atoms with Gasteiger partial charge >= 0.3 is 5.97 Å². The van der Waals surface area contributed by atoms with Crippen LogP contribution in [0.3, 0.4) is 0 Å². The number of nitrogens with one attached hydrogen (secondary N) is 1. The number of aliphatic carboxylic acids is 1. The number of carboxylic acids is 1. The Kier molecular flexibility index (Phi) is 8.21. The summed E-state index contributed by atoms with van der Waals surface area (Å²) >= 11 is 0. The molecule has 0 radical (unpaired) electrons. The van der Waals surface area contributed by atoms with Crippen molar-refractivity contribution < 1.29 is 24.2 Å². The van der Waals surface area contributed by atoms with Gasteiger partial charge in [-0.05, 0) is 30.2 Å². The molecule has 0 aliphatic rings. The van der Waals surface area contributed by atoms with Gasteiger partial charge in [0.25, 0.3) is 0 Å². The first-order valence-corrected chi connectivity index (χ1v) is 9.38. The van der Waals surface area contributed by atoms with E-state index in [0.717, 1.165) is 11.1 Å². The van der Waals surface area contributed by atoms with E-state index in [1.165, 1.54) is 6.92 Å². The number of amides is 2. The summed E-state index contributed by atoms with van der Waals surface area (Å²) in [7, 11) is 0. The van der Waals surface area contributed by atoms with E-state index in [0.29, 0.717) is 18.8 Å². The van der Waals surface area contributed by atoms with Gasteiger partial charge in [-0.1, -0.05) is 42.5 Å². The molecule has 1 atom stereocenters. The number of hydrogen-bond donors (Lipinski definition) is 2. The molecule has 2 rings (SSSR count). The zero-order valence-corrected chi connectivity index (χ0v) is 16.6. The molecule has 0 saturated carbocycles. The Morgan fingerprint density at radius 3 is 2.31 bits per heavy atom. The second-order valence-corrected chi connectivity index (χ2v) is 6.72. The Labute approximate surface area is 170 Å². The van der Waals surface area contributed by atoms with E-state index >= 15 is 0 Å². The fraction of sp³-hybridized carbons (Fsp3) is 0.318. The molecule has 0 saturated heterocycles. The number of ether oxygens (including phenoxy) is 1. The van der Waals surface area contributed by atoms with Crippen molar-refractivity contribution >= 4 is 17.8 Å². The lowest BCUT2D eigenvalue weighted by molar-refractivity contribution is -0.139. The molecule has 0 aliphatic heterocycles. The highest BCUT2D eigenvalue weighted by atomic mass is 16.5. The molecule has 154 valence electrons. The molecule has 0 spiro atoms. The van der Waals surface area contributed by atoms with Gasteiger partial charge in [0.15, 0.2) is 6.61 Å². The van der Waals surface area contributed by atoms with Crippen molar-refractivity contribution in [2.45, 2.75) is 32.9 Å². The second kappa shape index (κ2) is 10.8. The molecular formula is C22H26N2O5. The largest absolute Gasteiger partial charge is 0.482 e. The Hall–Kier alpha value is -3.35. The highest BCUT2D eigenvalue weighted by molar-refractivity contribution is 5.78. The van der Waals surface area contributed by atoms with E-state index in [9.17, 15) is 14.4 Å². The van der Waals surface area contributed by atoms with Crippen LogP contribution in [0.5, 0.6) is 5.75 Å². The number of benzene rings is 2. The lowest BCUT2D eigenvalue weighted by Crippen LogP contribution is -2.34. The summed E-state index contributed by atoms with van der Waals surface area (Å²) in [6.45, 7) is 3.76. The smallest absolute Gasteiger partial charge is 0.341 e. The maximum Gasteiger partial charge on any atom is 0.341 e. The SMILES string of the molecule is CC(=O)N(CCC(=O)NC(C)c1ccc(OCC(=O)O)cc1)Cc1ccccc1. The van der Waals surface area contributed by atoms with Crippen LogP contribution in [-0.2, 0) is 20.9 Å². The van der Waals surface area contributed by atoms with E-state index in [1.54, 1.807) is 29.2 Å². The predicted molar refractivity (Wildman–Crippen MR) is 108 cm³/mol. The first kappa shape index (κ1) is 21.9. The normalized spacial score (nSPS) is 11.4. The van der Waals surface area contributed by atoms with E-state index < -0.39 is 12.6 Å². The maximum atomic E-state index is 12.3. The molecule has 2 N–H and O–H groups in total. The van der Waals surface area contributed by atoms with E-state index in [4.69, 9.17) is 9.84 Å². The molecule has 0 fully saturated rings. The van der Waals surface area contributed by atoms with Gasteiger partial charge in [0.05, 0.1) is 6.04 Å². The van der Waals surface area contributed by atoms with Gasteiger partial charge in [-0.15, -0.1) is 0 Å². The second-order valence-electron chi connectivity index (χ2n) is 6.72. The lowest BCUT2D eigenvalue weighted by Gasteiger charge is -2.22. The van der Waals surface area contributed by atoms with E-state index in [2.05, 4.69) is 5.32 Å².